The van der Waals surface area contributed by atoms with E-state index < -0.39 is 0 Å². The zero-order valence-corrected chi connectivity index (χ0v) is 15.7. The van der Waals surface area contributed by atoms with Crippen molar-refractivity contribution < 1.29 is 9.53 Å². The summed E-state index contributed by atoms with van der Waals surface area (Å²) < 4.78 is 7.02. The van der Waals surface area contributed by atoms with Crippen LogP contribution in [0.1, 0.15) is 6.92 Å². The zero-order valence-electron chi connectivity index (χ0n) is 14.1. The molecule has 1 N–H and O–H groups in total. The summed E-state index contributed by atoms with van der Waals surface area (Å²) in [5.74, 6) is 1.47. The number of amides is 1. The summed E-state index contributed by atoms with van der Waals surface area (Å²) in [7, 11) is 3.52. The molecule has 130 valence electrons. The van der Waals surface area contributed by atoms with E-state index in [9.17, 15) is 4.79 Å². The van der Waals surface area contributed by atoms with Crippen LogP contribution >= 0.6 is 23.1 Å². The van der Waals surface area contributed by atoms with Crippen molar-refractivity contribution in [1.82, 2.24) is 14.8 Å². The van der Waals surface area contributed by atoms with Crippen LogP contribution in [0.15, 0.2) is 46.9 Å². The second-order valence-electron chi connectivity index (χ2n) is 5.32. The van der Waals surface area contributed by atoms with Crippen LogP contribution in [0.3, 0.4) is 0 Å². The Bertz CT molecular complexity index is 844. The molecule has 0 saturated heterocycles. The van der Waals surface area contributed by atoms with E-state index >= 15 is 0 Å². The quantitative estimate of drug-likeness (QED) is 0.667. The van der Waals surface area contributed by atoms with Gasteiger partial charge < -0.3 is 14.6 Å². The second-order valence-corrected chi connectivity index (χ2v) is 7.58. The average Bonchev–Trinajstić information content (AvgIpc) is 3.26. The lowest BCUT2D eigenvalue weighted by Crippen LogP contribution is -2.22. The molecule has 1 aromatic carbocycles. The molecule has 3 aromatic rings. The van der Waals surface area contributed by atoms with E-state index in [1.807, 2.05) is 60.3 Å². The molecule has 1 atom stereocenters. The average molecular weight is 374 g/mol. The van der Waals surface area contributed by atoms with Crippen molar-refractivity contribution >= 4 is 34.7 Å². The predicted octanol–water partition coefficient (Wildman–Crippen LogP) is 3.67. The molecule has 1 unspecified atom stereocenters. The normalized spacial score (nSPS) is 12.0. The molecule has 0 aliphatic carbocycles. The summed E-state index contributed by atoms with van der Waals surface area (Å²) >= 11 is 2.99. The van der Waals surface area contributed by atoms with Crippen LogP contribution < -0.4 is 10.1 Å². The maximum Gasteiger partial charge on any atom is 0.237 e. The van der Waals surface area contributed by atoms with E-state index in [4.69, 9.17) is 4.74 Å². The number of nitrogens with one attached hydrogen (secondary N) is 1. The minimum atomic E-state index is -0.304. The van der Waals surface area contributed by atoms with Gasteiger partial charge in [0.25, 0.3) is 0 Å². The monoisotopic (exact) mass is 374 g/mol. The van der Waals surface area contributed by atoms with Gasteiger partial charge in [-0.15, -0.1) is 21.5 Å². The number of benzene rings is 1. The van der Waals surface area contributed by atoms with Crippen molar-refractivity contribution in [3.63, 3.8) is 0 Å². The highest BCUT2D eigenvalue weighted by Crippen LogP contribution is 2.28. The van der Waals surface area contributed by atoms with Gasteiger partial charge in [-0.1, -0.05) is 17.8 Å². The van der Waals surface area contributed by atoms with E-state index in [1.165, 1.54) is 11.8 Å². The van der Waals surface area contributed by atoms with Gasteiger partial charge in [0.2, 0.25) is 5.91 Å². The van der Waals surface area contributed by atoms with Crippen molar-refractivity contribution in [2.45, 2.75) is 17.3 Å². The summed E-state index contributed by atoms with van der Waals surface area (Å²) in [5.41, 5.74) is 0.732. The summed E-state index contributed by atoms with van der Waals surface area (Å²) in [4.78, 5) is 13.5. The fraction of sp³-hybridized carbons (Fsp3) is 0.235. The van der Waals surface area contributed by atoms with Crippen molar-refractivity contribution in [2.24, 2.45) is 7.05 Å². The number of aromatic nitrogens is 3. The zero-order chi connectivity index (χ0) is 17.8. The van der Waals surface area contributed by atoms with Crippen LogP contribution in [0.4, 0.5) is 5.69 Å². The molecular formula is C17H18N4O2S2. The molecule has 0 bridgehead atoms. The van der Waals surface area contributed by atoms with Crippen LogP contribution in [0.25, 0.3) is 10.7 Å². The Morgan fingerprint density at radius 3 is 2.68 bits per heavy atom. The van der Waals surface area contributed by atoms with Gasteiger partial charge in [-0.3, -0.25) is 4.79 Å². The van der Waals surface area contributed by atoms with Gasteiger partial charge in [0.15, 0.2) is 11.0 Å². The molecule has 2 aromatic heterocycles. The number of rotatable bonds is 6. The van der Waals surface area contributed by atoms with Gasteiger partial charge in [0.05, 0.1) is 17.2 Å². The van der Waals surface area contributed by atoms with Crippen LogP contribution in [-0.4, -0.2) is 33.0 Å². The van der Waals surface area contributed by atoms with Gasteiger partial charge in [-0.05, 0) is 42.6 Å². The predicted molar refractivity (Wildman–Crippen MR) is 101 cm³/mol. The SMILES string of the molecule is COc1ccc(NC(=O)C(C)Sc2nnc(-c3cccs3)n2C)cc1. The Hall–Kier alpha value is -2.32. The number of hydrogen-bond acceptors (Lipinski definition) is 6. The first-order valence-corrected chi connectivity index (χ1v) is 9.39. The lowest BCUT2D eigenvalue weighted by Gasteiger charge is -2.12. The number of ether oxygens (including phenoxy) is 1. The Morgan fingerprint density at radius 1 is 1.28 bits per heavy atom. The highest BCUT2D eigenvalue weighted by atomic mass is 32.2. The molecule has 6 nitrogen and oxygen atoms in total. The number of thiophene rings is 1. The van der Waals surface area contributed by atoms with E-state index in [0.29, 0.717) is 5.16 Å². The van der Waals surface area contributed by atoms with Gasteiger partial charge in [-0.2, -0.15) is 0 Å². The molecule has 2 heterocycles. The third-order valence-electron chi connectivity index (χ3n) is 3.59. The standard InChI is InChI=1S/C17H18N4O2S2/c1-11(16(22)18-12-6-8-13(23-3)9-7-12)25-17-20-19-15(21(17)2)14-5-4-10-24-14/h4-11H,1-3H3,(H,18,22). The molecule has 1 amide bonds. The number of hydrogen-bond donors (Lipinski definition) is 1. The first-order valence-electron chi connectivity index (χ1n) is 7.63. The smallest absolute Gasteiger partial charge is 0.237 e. The van der Waals surface area contributed by atoms with Crippen molar-refractivity contribution in [1.29, 1.82) is 0 Å². The number of carbonyl (C=O) groups is 1. The molecular weight excluding hydrogens is 356 g/mol. The Balaban J connectivity index is 1.65. The first-order chi connectivity index (χ1) is 12.1. The fourth-order valence-electron chi connectivity index (χ4n) is 2.17. The topological polar surface area (TPSA) is 69.0 Å². The Kier molecular flexibility index (Phi) is 5.40. The Labute approximate surface area is 154 Å². The van der Waals surface area contributed by atoms with Gasteiger partial charge >= 0.3 is 0 Å². The lowest BCUT2D eigenvalue weighted by atomic mass is 10.3. The van der Waals surface area contributed by atoms with E-state index in [-0.39, 0.29) is 11.2 Å². The molecule has 0 saturated carbocycles. The number of thioether (sulfide) groups is 1. The second kappa shape index (κ2) is 7.71. The minimum absolute atomic E-state index is 0.0872. The van der Waals surface area contributed by atoms with E-state index in [0.717, 1.165) is 22.1 Å². The molecule has 0 spiro atoms. The number of carbonyl (C=O) groups excluding carboxylic acids is 1. The maximum atomic E-state index is 12.4. The van der Waals surface area contributed by atoms with Gasteiger partial charge in [0, 0.05) is 12.7 Å². The van der Waals surface area contributed by atoms with E-state index in [1.54, 1.807) is 18.4 Å². The molecule has 0 aliphatic heterocycles. The molecule has 0 fully saturated rings. The number of methoxy groups -OCH3 is 1. The molecule has 8 heteroatoms. The fourth-order valence-corrected chi connectivity index (χ4v) is 3.73. The number of nitrogens with zero attached hydrogens (tertiary/aromatic N) is 3. The van der Waals surface area contributed by atoms with E-state index in [2.05, 4.69) is 15.5 Å². The molecule has 0 radical (unpaired) electrons. The van der Waals surface area contributed by atoms with Gasteiger partial charge in [-0.25, -0.2) is 0 Å². The largest absolute Gasteiger partial charge is 0.497 e. The number of anilines is 1. The third-order valence-corrected chi connectivity index (χ3v) is 5.59. The lowest BCUT2D eigenvalue weighted by molar-refractivity contribution is -0.115. The van der Waals surface area contributed by atoms with Crippen molar-refractivity contribution in [3.8, 4) is 16.5 Å². The summed E-state index contributed by atoms with van der Waals surface area (Å²) in [6.07, 6.45) is 0. The van der Waals surface area contributed by atoms with Gasteiger partial charge in [0.1, 0.15) is 5.75 Å². The van der Waals surface area contributed by atoms with Crippen LogP contribution in [0, 0.1) is 0 Å². The molecule has 0 aliphatic rings. The van der Waals surface area contributed by atoms with Crippen molar-refractivity contribution in [3.05, 3.63) is 41.8 Å². The minimum Gasteiger partial charge on any atom is -0.497 e. The van der Waals surface area contributed by atoms with Crippen LogP contribution in [-0.2, 0) is 11.8 Å². The van der Waals surface area contributed by atoms with Crippen LogP contribution in [0.2, 0.25) is 0 Å². The van der Waals surface area contributed by atoms with Crippen molar-refractivity contribution in [2.75, 3.05) is 12.4 Å². The summed E-state index contributed by atoms with van der Waals surface area (Å²) in [6.45, 7) is 1.85. The maximum absolute atomic E-state index is 12.4. The first kappa shape index (κ1) is 17.5. The highest BCUT2D eigenvalue weighted by molar-refractivity contribution is 8.00. The summed E-state index contributed by atoms with van der Waals surface area (Å²) in [6, 6.07) is 11.2. The summed E-state index contributed by atoms with van der Waals surface area (Å²) in [5, 5.41) is 13.7. The third kappa shape index (κ3) is 4.02. The molecule has 3 rings (SSSR count). The Morgan fingerprint density at radius 2 is 2.04 bits per heavy atom. The molecule has 25 heavy (non-hydrogen) atoms. The highest BCUT2D eigenvalue weighted by Gasteiger charge is 2.19. The van der Waals surface area contributed by atoms with Crippen LogP contribution in [0.5, 0.6) is 5.75 Å².